The first-order valence-corrected chi connectivity index (χ1v) is 7.18. The van der Waals surface area contributed by atoms with Crippen LogP contribution in [0.2, 0.25) is 0 Å². The van der Waals surface area contributed by atoms with Crippen molar-refractivity contribution >= 4 is 0 Å². The number of pyridine rings is 2. The highest BCUT2D eigenvalue weighted by molar-refractivity contribution is 5.66. The second-order valence-electron chi connectivity index (χ2n) is 5.78. The lowest BCUT2D eigenvalue weighted by Crippen LogP contribution is -2.45. The number of fused-ring (bicyclic) bond motifs is 4. The van der Waals surface area contributed by atoms with E-state index in [2.05, 4.69) is 16.4 Å². The molecule has 2 atom stereocenters. The lowest BCUT2D eigenvalue weighted by atomic mass is 9.81. The van der Waals surface area contributed by atoms with Gasteiger partial charge in [0, 0.05) is 54.3 Å². The lowest BCUT2D eigenvalue weighted by Gasteiger charge is -2.38. The van der Waals surface area contributed by atoms with Gasteiger partial charge in [-0.3, -0.25) is 9.78 Å². The van der Waals surface area contributed by atoms with E-state index in [0.717, 1.165) is 30.8 Å². The van der Waals surface area contributed by atoms with E-state index in [0.29, 0.717) is 11.8 Å². The molecule has 2 unspecified atom stereocenters. The second kappa shape index (κ2) is 4.56. The van der Waals surface area contributed by atoms with Crippen molar-refractivity contribution in [3.63, 3.8) is 0 Å². The molecule has 1 N–H and O–H groups in total. The van der Waals surface area contributed by atoms with Crippen molar-refractivity contribution in [2.45, 2.75) is 18.9 Å². The Kier molecular flexibility index (Phi) is 2.70. The Bertz CT molecular complexity index is 693. The molecule has 1 fully saturated rings. The fourth-order valence-electron chi connectivity index (χ4n) is 3.63. The molecule has 2 aliphatic heterocycles. The van der Waals surface area contributed by atoms with Crippen LogP contribution in [0.3, 0.4) is 0 Å². The second-order valence-corrected chi connectivity index (χ2v) is 5.78. The molecule has 0 saturated carbocycles. The monoisotopic (exact) mass is 267 g/mol. The number of hydrogen-bond acceptors (Lipinski definition) is 3. The third kappa shape index (κ3) is 1.79. The van der Waals surface area contributed by atoms with Gasteiger partial charge in [-0.2, -0.15) is 0 Å². The smallest absolute Gasteiger partial charge is 0.250 e. The van der Waals surface area contributed by atoms with Crippen molar-refractivity contribution in [3.05, 3.63) is 52.7 Å². The van der Waals surface area contributed by atoms with Crippen molar-refractivity contribution in [2.75, 3.05) is 13.1 Å². The summed E-state index contributed by atoms with van der Waals surface area (Å²) in [5.41, 5.74) is 3.57. The van der Waals surface area contributed by atoms with E-state index in [1.54, 1.807) is 12.3 Å². The third-order valence-electron chi connectivity index (χ3n) is 4.47. The van der Waals surface area contributed by atoms with E-state index < -0.39 is 0 Å². The fourth-order valence-corrected chi connectivity index (χ4v) is 3.63. The topological polar surface area (TPSA) is 46.9 Å². The maximum absolute atomic E-state index is 12.2. The van der Waals surface area contributed by atoms with Crippen LogP contribution in [0.4, 0.5) is 0 Å². The standard InChI is InChI=1S/C16H17N3O/c20-15-4-3-14(12-2-1-5-17-8-12)16-13-6-11(7-18-9-13)10-19(15)16/h1-5,8,11,13,18H,6-7,9-10H2. The Morgan fingerprint density at radius 3 is 3.05 bits per heavy atom. The highest BCUT2D eigenvalue weighted by Gasteiger charge is 2.32. The molecule has 102 valence electrons. The largest absolute Gasteiger partial charge is 0.316 e. The molecule has 4 nitrogen and oxygen atoms in total. The van der Waals surface area contributed by atoms with Crippen LogP contribution in [0.5, 0.6) is 0 Å². The van der Waals surface area contributed by atoms with Gasteiger partial charge in [0.15, 0.2) is 0 Å². The van der Waals surface area contributed by atoms with E-state index in [9.17, 15) is 4.79 Å². The van der Waals surface area contributed by atoms with Crippen LogP contribution in [-0.2, 0) is 6.54 Å². The first kappa shape index (κ1) is 11.9. The highest BCUT2D eigenvalue weighted by atomic mass is 16.1. The van der Waals surface area contributed by atoms with Gasteiger partial charge in [0.2, 0.25) is 0 Å². The number of rotatable bonds is 1. The van der Waals surface area contributed by atoms with E-state index in [-0.39, 0.29) is 5.56 Å². The number of piperidine rings is 1. The minimum Gasteiger partial charge on any atom is -0.316 e. The molecule has 2 aromatic heterocycles. The predicted octanol–water partition coefficient (Wildman–Crippen LogP) is 1.62. The van der Waals surface area contributed by atoms with E-state index >= 15 is 0 Å². The van der Waals surface area contributed by atoms with Crippen molar-refractivity contribution in [1.29, 1.82) is 0 Å². The Morgan fingerprint density at radius 1 is 1.25 bits per heavy atom. The Balaban J connectivity index is 1.94. The van der Waals surface area contributed by atoms with Gasteiger partial charge in [-0.15, -0.1) is 0 Å². The number of aromatic nitrogens is 2. The first-order valence-electron chi connectivity index (χ1n) is 7.18. The quantitative estimate of drug-likeness (QED) is 0.854. The number of nitrogens with zero attached hydrogens (tertiary/aromatic N) is 2. The Labute approximate surface area is 117 Å². The Morgan fingerprint density at radius 2 is 2.20 bits per heavy atom. The number of hydrogen-bond donors (Lipinski definition) is 1. The number of nitrogens with one attached hydrogen (secondary N) is 1. The van der Waals surface area contributed by atoms with Gasteiger partial charge < -0.3 is 9.88 Å². The summed E-state index contributed by atoms with van der Waals surface area (Å²) in [6, 6.07) is 7.67. The maximum Gasteiger partial charge on any atom is 0.250 e. The molecule has 4 rings (SSSR count). The zero-order valence-corrected chi connectivity index (χ0v) is 11.2. The summed E-state index contributed by atoms with van der Waals surface area (Å²) in [7, 11) is 0. The van der Waals surface area contributed by atoms with Crippen LogP contribution in [0.25, 0.3) is 11.1 Å². The zero-order chi connectivity index (χ0) is 13.5. The summed E-state index contributed by atoms with van der Waals surface area (Å²) in [5, 5.41) is 3.49. The molecule has 0 aromatic carbocycles. The van der Waals surface area contributed by atoms with Gasteiger partial charge in [0.1, 0.15) is 0 Å². The first-order chi connectivity index (χ1) is 9.83. The van der Waals surface area contributed by atoms with Gasteiger partial charge in [-0.05, 0) is 31.0 Å². The van der Waals surface area contributed by atoms with Crippen LogP contribution in [0, 0.1) is 5.92 Å². The molecule has 0 spiro atoms. The molecule has 2 aliphatic rings. The third-order valence-corrected chi connectivity index (χ3v) is 4.47. The van der Waals surface area contributed by atoms with Crippen molar-refractivity contribution in [2.24, 2.45) is 5.92 Å². The molecule has 2 bridgehead atoms. The minimum atomic E-state index is 0.129. The summed E-state index contributed by atoms with van der Waals surface area (Å²) in [5.74, 6) is 1.02. The van der Waals surface area contributed by atoms with Crippen molar-refractivity contribution in [3.8, 4) is 11.1 Å². The van der Waals surface area contributed by atoms with Gasteiger partial charge >= 0.3 is 0 Å². The van der Waals surface area contributed by atoms with Gasteiger partial charge in [-0.25, -0.2) is 0 Å². The zero-order valence-electron chi connectivity index (χ0n) is 11.2. The molecule has 20 heavy (non-hydrogen) atoms. The van der Waals surface area contributed by atoms with Crippen LogP contribution in [0.15, 0.2) is 41.5 Å². The molecule has 0 amide bonds. The average Bonchev–Trinajstić information content (AvgIpc) is 2.50. The van der Waals surface area contributed by atoms with E-state index in [1.165, 1.54) is 12.1 Å². The molecule has 0 aliphatic carbocycles. The summed E-state index contributed by atoms with van der Waals surface area (Å²) in [6.07, 6.45) is 4.84. The van der Waals surface area contributed by atoms with Crippen LogP contribution < -0.4 is 10.9 Å². The molecule has 0 radical (unpaired) electrons. The van der Waals surface area contributed by atoms with Crippen LogP contribution in [0.1, 0.15) is 18.0 Å². The van der Waals surface area contributed by atoms with Gasteiger partial charge in [-0.1, -0.05) is 6.07 Å². The molecular formula is C16H17N3O. The minimum absolute atomic E-state index is 0.129. The molecular weight excluding hydrogens is 250 g/mol. The van der Waals surface area contributed by atoms with Gasteiger partial charge in [0.05, 0.1) is 0 Å². The maximum atomic E-state index is 12.2. The summed E-state index contributed by atoms with van der Waals surface area (Å²) in [4.78, 5) is 16.4. The van der Waals surface area contributed by atoms with E-state index in [4.69, 9.17) is 0 Å². The predicted molar refractivity (Wildman–Crippen MR) is 77.7 cm³/mol. The van der Waals surface area contributed by atoms with Crippen molar-refractivity contribution < 1.29 is 0 Å². The van der Waals surface area contributed by atoms with Crippen LogP contribution in [-0.4, -0.2) is 22.6 Å². The van der Waals surface area contributed by atoms with E-state index in [1.807, 2.05) is 22.9 Å². The molecule has 4 heteroatoms. The highest BCUT2D eigenvalue weighted by Crippen LogP contribution is 2.37. The normalized spacial score (nSPS) is 24.2. The summed E-state index contributed by atoms with van der Waals surface area (Å²) < 4.78 is 1.99. The molecule has 2 aromatic rings. The lowest BCUT2D eigenvalue weighted by molar-refractivity contribution is 0.258. The molecule has 1 saturated heterocycles. The Hall–Kier alpha value is -1.94. The SMILES string of the molecule is O=c1ccc(-c2cccnc2)c2n1CC1CNCC2C1. The van der Waals surface area contributed by atoms with Crippen LogP contribution >= 0.6 is 0 Å². The molecule has 4 heterocycles. The summed E-state index contributed by atoms with van der Waals surface area (Å²) >= 11 is 0. The van der Waals surface area contributed by atoms with Crippen molar-refractivity contribution in [1.82, 2.24) is 14.9 Å². The fraction of sp³-hybridized carbons (Fsp3) is 0.375. The average molecular weight is 267 g/mol. The van der Waals surface area contributed by atoms with Gasteiger partial charge in [0.25, 0.3) is 5.56 Å². The summed E-state index contributed by atoms with van der Waals surface area (Å²) in [6.45, 7) is 2.83.